The minimum absolute atomic E-state index is 0.358. The second-order valence-corrected chi connectivity index (χ2v) is 5.10. The zero-order valence-corrected chi connectivity index (χ0v) is 9.43. The zero-order chi connectivity index (χ0) is 10.1. The fourth-order valence-corrected chi connectivity index (χ4v) is 2.14. The van der Waals surface area contributed by atoms with Gasteiger partial charge in [0.25, 0.3) is 0 Å². The second-order valence-electron chi connectivity index (χ2n) is 5.10. The number of hydrogen-bond donors (Lipinski definition) is 1. The largest absolute Gasteiger partial charge is 0.328 e. The summed E-state index contributed by atoms with van der Waals surface area (Å²) in [6.07, 6.45) is 6.09. The summed E-state index contributed by atoms with van der Waals surface area (Å²) in [5, 5.41) is 0. The molecule has 0 aliphatic heterocycles. The van der Waals surface area contributed by atoms with E-state index >= 15 is 0 Å². The molecule has 1 aliphatic rings. The summed E-state index contributed by atoms with van der Waals surface area (Å²) in [6.45, 7) is 9.07. The maximum absolute atomic E-state index is 5.78. The Morgan fingerprint density at radius 3 is 2.62 bits per heavy atom. The third-order valence-corrected chi connectivity index (χ3v) is 3.72. The molecule has 0 aromatic heterocycles. The summed E-state index contributed by atoms with van der Waals surface area (Å²) in [7, 11) is 0. The van der Waals surface area contributed by atoms with E-state index in [2.05, 4.69) is 33.8 Å². The lowest BCUT2D eigenvalue weighted by atomic mass is 9.75. The minimum atomic E-state index is 0.358. The summed E-state index contributed by atoms with van der Waals surface area (Å²) in [4.78, 5) is 0. The van der Waals surface area contributed by atoms with Gasteiger partial charge < -0.3 is 5.73 Å². The predicted octanol–water partition coefficient (Wildman–Crippen LogP) is 3.11. The third-order valence-electron chi connectivity index (χ3n) is 3.72. The summed E-state index contributed by atoms with van der Waals surface area (Å²) < 4.78 is 0. The Morgan fingerprint density at radius 1 is 1.62 bits per heavy atom. The minimum Gasteiger partial charge on any atom is -0.328 e. The monoisotopic (exact) mass is 181 g/mol. The van der Waals surface area contributed by atoms with E-state index in [0.717, 1.165) is 12.3 Å². The van der Waals surface area contributed by atoms with Gasteiger partial charge in [-0.15, -0.1) is 0 Å². The molecular formula is C12H23N. The van der Waals surface area contributed by atoms with Crippen molar-refractivity contribution < 1.29 is 0 Å². The lowest BCUT2D eigenvalue weighted by Gasteiger charge is -2.30. The van der Waals surface area contributed by atoms with Gasteiger partial charge in [0.2, 0.25) is 0 Å². The van der Waals surface area contributed by atoms with Crippen LogP contribution in [0.15, 0.2) is 11.6 Å². The van der Waals surface area contributed by atoms with Crippen LogP contribution in [0, 0.1) is 11.3 Å². The second kappa shape index (κ2) is 3.83. The van der Waals surface area contributed by atoms with Crippen LogP contribution in [0.5, 0.6) is 0 Å². The van der Waals surface area contributed by atoms with Crippen molar-refractivity contribution in [2.75, 3.05) is 0 Å². The molecule has 1 heteroatoms. The van der Waals surface area contributed by atoms with Crippen LogP contribution in [0.1, 0.15) is 47.0 Å². The Balaban J connectivity index is 2.47. The fourth-order valence-electron chi connectivity index (χ4n) is 2.14. The van der Waals surface area contributed by atoms with E-state index in [-0.39, 0.29) is 0 Å². The first-order valence-electron chi connectivity index (χ1n) is 5.37. The highest BCUT2D eigenvalue weighted by Gasteiger charge is 2.34. The maximum Gasteiger partial charge on any atom is 0.00105 e. The van der Waals surface area contributed by atoms with E-state index in [9.17, 15) is 0 Å². The molecule has 1 aliphatic carbocycles. The van der Waals surface area contributed by atoms with Gasteiger partial charge in [0, 0.05) is 6.04 Å². The normalized spacial score (nSPS) is 28.7. The van der Waals surface area contributed by atoms with Gasteiger partial charge in [-0.05, 0) is 44.4 Å². The first-order chi connectivity index (χ1) is 5.94. The first-order valence-corrected chi connectivity index (χ1v) is 5.37. The molecular weight excluding hydrogens is 158 g/mol. The molecule has 0 spiro atoms. The Bertz CT molecular complexity index is 201. The van der Waals surface area contributed by atoms with E-state index in [1.54, 1.807) is 5.57 Å². The summed E-state index contributed by atoms with van der Waals surface area (Å²) in [5.74, 6) is 0.818. The molecule has 2 atom stereocenters. The van der Waals surface area contributed by atoms with Gasteiger partial charge in [-0.25, -0.2) is 0 Å². The standard InChI is InChI=1S/C12H23N/c1-9-5-7-11(12(9,3)4)8-6-10(2)13/h5,10-11H,6-8,13H2,1-4H3. The van der Waals surface area contributed by atoms with Gasteiger partial charge in [0.05, 0.1) is 0 Å². The maximum atomic E-state index is 5.78. The van der Waals surface area contributed by atoms with E-state index < -0.39 is 0 Å². The van der Waals surface area contributed by atoms with E-state index in [0.29, 0.717) is 11.5 Å². The van der Waals surface area contributed by atoms with Crippen molar-refractivity contribution in [3.63, 3.8) is 0 Å². The first kappa shape index (κ1) is 10.8. The smallest absolute Gasteiger partial charge is 0.00105 e. The fraction of sp³-hybridized carbons (Fsp3) is 0.833. The molecule has 1 rings (SSSR count). The molecule has 1 nitrogen and oxygen atoms in total. The van der Waals surface area contributed by atoms with Crippen molar-refractivity contribution in [3.05, 3.63) is 11.6 Å². The van der Waals surface area contributed by atoms with Gasteiger partial charge >= 0.3 is 0 Å². The van der Waals surface area contributed by atoms with E-state index in [1.807, 2.05) is 0 Å². The Morgan fingerprint density at radius 2 is 2.23 bits per heavy atom. The SMILES string of the molecule is CC1=CCC(CCC(C)N)C1(C)C. The molecule has 0 heterocycles. The van der Waals surface area contributed by atoms with Gasteiger partial charge in [-0.1, -0.05) is 25.5 Å². The van der Waals surface area contributed by atoms with E-state index in [4.69, 9.17) is 5.73 Å². The van der Waals surface area contributed by atoms with Crippen LogP contribution in [0.25, 0.3) is 0 Å². The molecule has 0 fully saturated rings. The molecule has 76 valence electrons. The number of rotatable bonds is 3. The quantitative estimate of drug-likeness (QED) is 0.665. The number of allylic oxidation sites excluding steroid dienone is 2. The highest BCUT2D eigenvalue weighted by Crippen LogP contribution is 2.45. The van der Waals surface area contributed by atoms with Gasteiger partial charge in [0.1, 0.15) is 0 Å². The Labute approximate surface area is 82.4 Å². The Hall–Kier alpha value is -0.300. The summed E-state index contributed by atoms with van der Waals surface area (Å²) >= 11 is 0. The topological polar surface area (TPSA) is 26.0 Å². The summed E-state index contributed by atoms with van der Waals surface area (Å²) in [6, 6.07) is 0.358. The van der Waals surface area contributed by atoms with Crippen LogP contribution < -0.4 is 5.73 Å². The predicted molar refractivity (Wildman–Crippen MR) is 58.5 cm³/mol. The van der Waals surface area contributed by atoms with Gasteiger partial charge in [-0.3, -0.25) is 0 Å². The average molecular weight is 181 g/mol. The van der Waals surface area contributed by atoms with Crippen LogP contribution in [0.3, 0.4) is 0 Å². The molecule has 0 saturated heterocycles. The third kappa shape index (κ3) is 2.34. The van der Waals surface area contributed by atoms with Crippen LogP contribution >= 0.6 is 0 Å². The molecule has 0 aromatic rings. The molecule has 2 unspecified atom stereocenters. The molecule has 0 radical (unpaired) electrons. The summed E-state index contributed by atoms with van der Waals surface area (Å²) in [5.41, 5.74) is 7.75. The van der Waals surface area contributed by atoms with E-state index in [1.165, 1.54) is 12.8 Å². The average Bonchev–Trinajstić information content (AvgIpc) is 2.25. The molecule has 0 bridgehead atoms. The van der Waals surface area contributed by atoms with Crippen LogP contribution in [0.2, 0.25) is 0 Å². The van der Waals surface area contributed by atoms with Crippen molar-refractivity contribution in [2.24, 2.45) is 17.1 Å². The zero-order valence-electron chi connectivity index (χ0n) is 9.43. The lowest BCUT2D eigenvalue weighted by Crippen LogP contribution is -2.23. The number of hydrogen-bond acceptors (Lipinski definition) is 1. The molecule has 0 aromatic carbocycles. The van der Waals surface area contributed by atoms with Crippen LogP contribution in [-0.4, -0.2) is 6.04 Å². The van der Waals surface area contributed by atoms with Crippen molar-refractivity contribution in [1.82, 2.24) is 0 Å². The number of nitrogens with two attached hydrogens (primary N) is 1. The molecule has 0 amide bonds. The molecule has 13 heavy (non-hydrogen) atoms. The molecule has 2 N–H and O–H groups in total. The van der Waals surface area contributed by atoms with Crippen molar-refractivity contribution in [3.8, 4) is 0 Å². The van der Waals surface area contributed by atoms with Crippen LogP contribution in [-0.2, 0) is 0 Å². The Kier molecular flexibility index (Phi) is 3.18. The highest BCUT2D eigenvalue weighted by atomic mass is 14.6. The van der Waals surface area contributed by atoms with Crippen molar-refractivity contribution >= 4 is 0 Å². The van der Waals surface area contributed by atoms with Crippen LogP contribution in [0.4, 0.5) is 0 Å². The highest BCUT2D eigenvalue weighted by molar-refractivity contribution is 5.18. The van der Waals surface area contributed by atoms with Crippen molar-refractivity contribution in [2.45, 2.75) is 53.0 Å². The lowest BCUT2D eigenvalue weighted by molar-refractivity contribution is 0.265. The van der Waals surface area contributed by atoms with Gasteiger partial charge in [-0.2, -0.15) is 0 Å². The molecule has 0 saturated carbocycles. The van der Waals surface area contributed by atoms with Gasteiger partial charge in [0.15, 0.2) is 0 Å². The van der Waals surface area contributed by atoms with Crippen molar-refractivity contribution in [1.29, 1.82) is 0 Å².